The number of amides is 1. The Hall–Kier alpha value is -2.90. The monoisotopic (exact) mass is 335 g/mol. The number of hydrogen-bond acceptors (Lipinski definition) is 4. The number of aromatic hydroxyl groups is 1. The predicted molar refractivity (Wildman–Crippen MR) is 83.8 cm³/mol. The molecular formula is C16H18FN3O4. The highest BCUT2D eigenvalue weighted by Crippen LogP contribution is 2.22. The third-order valence-electron chi connectivity index (χ3n) is 3.41. The molecule has 0 aliphatic rings. The summed E-state index contributed by atoms with van der Waals surface area (Å²) in [6, 6.07) is 4.03. The van der Waals surface area contributed by atoms with E-state index in [0.717, 1.165) is 4.90 Å². The maximum Gasteiger partial charge on any atom is 0.323 e. The van der Waals surface area contributed by atoms with Crippen molar-refractivity contribution in [1.82, 2.24) is 14.7 Å². The van der Waals surface area contributed by atoms with Crippen molar-refractivity contribution >= 4 is 11.9 Å². The van der Waals surface area contributed by atoms with Crippen LogP contribution in [0.3, 0.4) is 0 Å². The molecule has 2 aromatic rings. The average Bonchev–Trinajstić information content (AvgIpc) is 2.87. The topological polar surface area (TPSA) is 95.7 Å². The highest BCUT2D eigenvalue weighted by molar-refractivity contribution is 5.96. The minimum absolute atomic E-state index is 0.229. The summed E-state index contributed by atoms with van der Waals surface area (Å²) >= 11 is 0. The number of aryl methyl sites for hydroxylation is 1. The van der Waals surface area contributed by atoms with Gasteiger partial charge in [0.25, 0.3) is 5.91 Å². The summed E-state index contributed by atoms with van der Waals surface area (Å²) in [7, 11) is 0. The van der Waals surface area contributed by atoms with Crippen LogP contribution in [0.5, 0.6) is 5.75 Å². The second-order valence-electron chi connectivity index (χ2n) is 5.36. The zero-order chi connectivity index (χ0) is 17.9. The molecule has 0 bridgehead atoms. The number of hydrogen-bond donors (Lipinski definition) is 2. The molecule has 8 heteroatoms. The second-order valence-corrected chi connectivity index (χ2v) is 5.36. The Morgan fingerprint density at radius 2 is 2.08 bits per heavy atom. The molecule has 0 aliphatic heterocycles. The zero-order valence-electron chi connectivity index (χ0n) is 13.4. The Bertz CT molecular complexity index is 773. The van der Waals surface area contributed by atoms with Gasteiger partial charge in [-0.15, -0.1) is 0 Å². The van der Waals surface area contributed by atoms with Gasteiger partial charge < -0.3 is 15.1 Å². The van der Waals surface area contributed by atoms with Crippen LogP contribution in [0.1, 0.15) is 29.4 Å². The van der Waals surface area contributed by atoms with Gasteiger partial charge in [-0.25, -0.2) is 9.07 Å². The molecule has 0 radical (unpaired) electrons. The van der Waals surface area contributed by atoms with Crippen molar-refractivity contribution in [3.05, 3.63) is 41.5 Å². The van der Waals surface area contributed by atoms with Gasteiger partial charge >= 0.3 is 5.97 Å². The first-order valence-corrected chi connectivity index (χ1v) is 7.39. The lowest BCUT2D eigenvalue weighted by Gasteiger charge is -2.18. The van der Waals surface area contributed by atoms with Crippen molar-refractivity contribution in [2.75, 3.05) is 13.1 Å². The van der Waals surface area contributed by atoms with E-state index < -0.39 is 24.2 Å². The number of carboxylic acids is 1. The molecule has 1 aromatic heterocycles. The fourth-order valence-corrected chi connectivity index (χ4v) is 2.35. The summed E-state index contributed by atoms with van der Waals surface area (Å²) < 4.78 is 14.5. The van der Waals surface area contributed by atoms with Crippen LogP contribution in [0.4, 0.5) is 4.39 Å². The number of rotatable bonds is 6. The van der Waals surface area contributed by atoms with E-state index in [0.29, 0.717) is 17.7 Å². The van der Waals surface area contributed by atoms with Crippen molar-refractivity contribution in [1.29, 1.82) is 0 Å². The Morgan fingerprint density at radius 3 is 2.67 bits per heavy atom. The molecule has 0 unspecified atom stereocenters. The van der Waals surface area contributed by atoms with Crippen LogP contribution in [-0.2, 0) is 4.79 Å². The highest BCUT2D eigenvalue weighted by atomic mass is 19.1. The van der Waals surface area contributed by atoms with Gasteiger partial charge in [-0.05, 0) is 37.1 Å². The molecule has 0 saturated heterocycles. The molecule has 1 amide bonds. The number of carbonyl (C=O) groups excluding carboxylic acids is 1. The Labute approximate surface area is 137 Å². The molecule has 2 N–H and O–H groups in total. The first-order chi connectivity index (χ1) is 11.3. The average molecular weight is 335 g/mol. The number of nitrogens with zero attached hydrogens (tertiary/aromatic N) is 3. The molecule has 0 atom stereocenters. The normalized spacial score (nSPS) is 10.6. The minimum atomic E-state index is -1.15. The van der Waals surface area contributed by atoms with Gasteiger partial charge in [-0.1, -0.05) is 6.92 Å². The van der Waals surface area contributed by atoms with Crippen LogP contribution in [0.25, 0.3) is 5.69 Å². The van der Waals surface area contributed by atoms with Crippen LogP contribution in [-0.4, -0.2) is 49.9 Å². The van der Waals surface area contributed by atoms with Crippen molar-refractivity contribution < 1.29 is 24.2 Å². The zero-order valence-corrected chi connectivity index (χ0v) is 13.4. The smallest absolute Gasteiger partial charge is 0.323 e. The van der Waals surface area contributed by atoms with Crippen molar-refractivity contribution in [2.24, 2.45) is 0 Å². The van der Waals surface area contributed by atoms with E-state index in [1.54, 1.807) is 6.92 Å². The summed E-state index contributed by atoms with van der Waals surface area (Å²) in [4.78, 5) is 24.4. The molecule has 2 rings (SSSR count). The highest BCUT2D eigenvalue weighted by Gasteiger charge is 2.24. The number of benzene rings is 1. The lowest BCUT2D eigenvalue weighted by Crippen LogP contribution is -2.36. The molecule has 7 nitrogen and oxygen atoms in total. The summed E-state index contributed by atoms with van der Waals surface area (Å²) in [5.74, 6) is -2.59. The van der Waals surface area contributed by atoms with E-state index in [-0.39, 0.29) is 18.0 Å². The van der Waals surface area contributed by atoms with Crippen LogP contribution in [0.15, 0.2) is 24.4 Å². The van der Waals surface area contributed by atoms with Gasteiger partial charge in [-0.2, -0.15) is 5.10 Å². The van der Waals surface area contributed by atoms with Crippen LogP contribution >= 0.6 is 0 Å². The predicted octanol–water partition coefficient (Wildman–Crippen LogP) is 1.96. The van der Waals surface area contributed by atoms with E-state index >= 15 is 0 Å². The van der Waals surface area contributed by atoms with Crippen molar-refractivity contribution in [2.45, 2.75) is 20.3 Å². The maximum absolute atomic E-state index is 13.2. The molecule has 0 fully saturated rings. The SMILES string of the molecule is CCCN(CC(=O)O)C(=O)c1nn(-c2ccc(F)cc2C)cc1O. The van der Waals surface area contributed by atoms with Gasteiger partial charge in [-0.3, -0.25) is 9.59 Å². The fraction of sp³-hybridized carbons (Fsp3) is 0.312. The molecule has 1 aromatic carbocycles. The van der Waals surface area contributed by atoms with Crippen LogP contribution in [0.2, 0.25) is 0 Å². The standard InChI is InChI=1S/C16H18FN3O4/c1-3-6-19(9-14(22)23)16(24)15-13(21)8-20(18-15)12-5-4-11(17)7-10(12)2/h4-5,7-8,21H,3,6,9H2,1-2H3,(H,22,23). The lowest BCUT2D eigenvalue weighted by molar-refractivity contribution is -0.137. The quantitative estimate of drug-likeness (QED) is 0.841. The number of carbonyl (C=O) groups is 2. The van der Waals surface area contributed by atoms with Gasteiger partial charge in [0.2, 0.25) is 0 Å². The molecule has 1 heterocycles. The van der Waals surface area contributed by atoms with E-state index in [1.165, 1.54) is 29.1 Å². The molecule has 0 spiro atoms. The Morgan fingerprint density at radius 1 is 1.38 bits per heavy atom. The second kappa shape index (κ2) is 7.12. The van der Waals surface area contributed by atoms with E-state index in [9.17, 15) is 19.1 Å². The molecule has 128 valence electrons. The van der Waals surface area contributed by atoms with Gasteiger partial charge in [0.1, 0.15) is 12.4 Å². The Kier molecular flexibility index (Phi) is 5.18. The number of halogens is 1. The summed E-state index contributed by atoms with van der Waals surface area (Å²) in [6.07, 6.45) is 1.80. The van der Waals surface area contributed by atoms with Gasteiger partial charge in [0.15, 0.2) is 11.4 Å². The first-order valence-electron chi connectivity index (χ1n) is 7.39. The fourth-order valence-electron chi connectivity index (χ4n) is 2.35. The van der Waals surface area contributed by atoms with Crippen LogP contribution < -0.4 is 0 Å². The minimum Gasteiger partial charge on any atom is -0.504 e. The Balaban J connectivity index is 2.36. The summed E-state index contributed by atoms with van der Waals surface area (Å²) in [5.41, 5.74) is 0.840. The molecule has 0 aliphatic carbocycles. The van der Waals surface area contributed by atoms with Crippen molar-refractivity contribution in [3.8, 4) is 11.4 Å². The number of aliphatic carboxylic acids is 1. The van der Waals surface area contributed by atoms with Crippen molar-refractivity contribution in [3.63, 3.8) is 0 Å². The maximum atomic E-state index is 13.2. The molecular weight excluding hydrogens is 317 g/mol. The van der Waals surface area contributed by atoms with Gasteiger partial charge in [0, 0.05) is 6.54 Å². The third kappa shape index (κ3) is 3.70. The third-order valence-corrected chi connectivity index (χ3v) is 3.41. The largest absolute Gasteiger partial charge is 0.504 e. The molecule has 0 saturated carbocycles. The van der Waals surface area contributed by atoms with Gasteiger partial charge in [0.05, 0.1) is 11.9 Å². The van der Waals surface area contributed by atoms with Crippen LogP contribution in [0, 0.1) is 12.7 Å². The lowest BCUT2D eigenvalue weighted by atomic mass is 10.2. The molecule has 24 heavy (non-hydrogen) atoms. The van der Waals surface area contributed by atoms with E-state index in [4.69, 9.17) is 5.11 Å². The van der Waals surface area contributed by atoms with E-state index in [2.05, 4.69) is 5.10 Å². The first kappa shape index (κ1) is 17.5. The van der Waals surface area contributed by atoms with E-state index in [1.807, 2.05) is 6.92 Å². The summed E-state index contributed by atoms with van der Waals surface area (Å²) in [5, 5.41) is 23.0. The summed E-state index contributed by atoms with van der Waals surface area (Å²) in [6.45, 7) is 3.23. The number of carboxylic acid groups (broad SMARTS) is 1. The number of aromatic nitrogens is 2.